The molecule has 0 amide bonds. The minimum Gasteiger partial charge on any atom is -0.356 e. The highest BCUT2D eigenvalue weighted by Crippen LogP contribution is 2.37. The fourth-order valence-electron chi connectivity index (χ4n) is 4.17. The molecule has 28 heavy (non-hydrogen) atoms. The first-order valence-corrected chi connectivity index (χ1v) is 10.8. The lowest BCUT2D eigenvalue weighted by atomic mass is 9.81. The van der Waals surface area contributed by atoms with Crippen LogP contribution >= 0.6 is 0 Å². The van der Waals surface area contributed by atoms with Gasteiger partial charge in [-0.2, -0.15) is 13.2 Å². The van der Waals surface area contributed by atoms with Gasteiger partial charge in [0.15, 0.2) is 0 Å². The second-order valence-corrected chi connectivity index (χ2v) is 9.29. The summed E-state index contributed by atoms with van der Waals surface area (Å²) in [6.45, 7) is 0.347. The number of hydrogen-bond acceptors (Lipinski definition) is 4. The average molecular weight is 415 g/mol. The Hall–Kier alpha value is -1.68. The van der Waals surface area contributed by atoms with Crippen molar-refractivity contribution in [2.75, 3.05) is 30.8 Å². The number of nitrogens with zero attached hydrogens (tertiary/aromatic N) is 4. The van der Waals surface area contributed by atoms with Gasteiger partial charge in [-0.05, 0) is 37.7 Å². The summed E-state index contributed by atoms with van der Waals surface area (Å²) in [5.41, 5.74) is 0.790. The summed E-state index contributed by atoms with van der Waals surface area (Å²) in [7, 11) is 0.646. The Balaban J connectivity index is 1.31. The van der Waals surface area contributed by atoms with Gasteiger partial charge < -0.3 is 9.88 Å². The van der Waals surface area contributed by atoms with E-state index in [0.717, 1.165) is 29.7 Å². The molecule has 2 aromatic rings. The van der Waals surface area contributed by atoms with E-state index in [0.29, 0.717) is 24.8 Å². The van der Waals surface area contributed by atoms with Gasteiger partial charge in [-0.25, -0.2) is 18.5 Å². The quantitative estimate of drug-likeness (QED) is 0.815. The highest BCUT2D eigenvalue weighted by Gasteiger charge is 2.43. The van der Waals surface area contributed by atoms with Gasteiger partial charge >= 0.3 is 6.18 Å². The van der Waals surface area contributed by atoms with Gasteiger partial charge in [-0.1, -0.05) is 0 Å². The predicted octanol–water partition coefficient (Wildman–Crippen LogP) is 3.11. The number of nitrogens with one attached hydrogen (secondary N) is 1. The van der Waals surface area contributed by atoms with Gasteiger partial charge in [-0.15, -0.1) is 0 Å². The summed E-state index contributed by atoms with van der Waals surface area (Å²) < 4.78 is 53.0. The molecule has 0 bridgehead atoms. The first-order valence-electron chi connectivity index (χ1n) is 9.54. The van der Waals surface area contributed by atoms with Crippen LogP contribution in [0.2, 0.25) is 0 Å². The zero-order valence-electron chi connectivity index (χ0n) is 15.7. The molecule has 2 fully saturated rings. The largest absolute Gasteiger partial charge is 0.393 e. The minimum absolute atomic E-state index is 0.139. The number of rotatable bonds is 5. The fraction of sp³-hybridized carbons (Fsp3) is 0.667. The predicted molar refractivity (Wildman–Crippen MR) is 102 cm³/mol. The number of halogens is 3. The average Bonchev–Trinajstić information content (AvgIpc) is 3.11. The molecule has 154 valence electrons. The van der Waals surface area contributed by atoms with E-state index in [9.17, 15) is 17.4 Å². The van der Waals surface area contributed by atoms with E-state index < -0.39 is 23.1 Å². The topological polar surface area (TPSA) is 65.1 Å². The van der Waals surface area contributed by atoms with Crippen LogP contribution in [0.4, 0.5) is 19.0 Å². The van der Waals surface area contributed by atoms with Gasteiger partial charge in [0.25, 0.3) is 0 Å². The Morgan fingerprint density at radius 1 is 1.36 bits per heavy atom. The molecule has 2 atom stereocenters. The van der Waals surface area contributed by atoms with Crippen LogP contribution in [0, 0.1) is 11.8 Å². The lowest BCUT2D eigenvalue weighted by Gasteiger charge is -2.42. The number of aromatic nitrogens is 3. The monoisotopic (exact) mass is 415 g/mol. The van der Waals surface area contributed by atoms with E-state index in [1.165, 1.54) is 10.6 Å². The van der Waals surface area contributed by atoms with Crippen LogP contribution in [0.15, 0.2) is 18.6 Å². The Morgan fingerprint density at radius 2 is 2.14 bits per heavy atom. The summed E-state index contributed by atoms with van der Waals surface area (Å²) in [6.07, 6.45) is 1.49. The second-order valence-electron chi connectivity index (χ2n) is 7.80. The zero-order chi connectivity index (χ0) is 19.9. The van der Waals surface area contributed by atoms with Gasteiger partial charge in [0.05, 0.1) is 22.3 Å². The zero-order valence-corrected chi connectivity index (χ0v) is 16.5. The highest BCUT2D eigenvalue weighted by atomic mass is 32.2. The smallest absolute Gasteiger partial charge is 0.356 e. The molecular weight excluding hydrogens is 391 g/mol. The molecule has 1 saturated heterocycles. The molecule has 1 saturated carbocycles. The molecule has 1 aliphatic carbocycles. The molecule has 0 spiro atoms. The van der Waals surface area contributed by atoms with Crippen LogP contribution in [0.5, 0.6) is 0 Å². The van der Waals surface area contributed by atoms with E-state index >= 15 is 0 Å². The van der Waals surface area contributed by atoms with E-state index in [2.05, 4.69) is 19.9 Å². The lowest BCUT2D eigenvalue weighted by molar-refractivity contribution is -0.182. The third-order valence-corrected chi connectivity index (χ3v) is 7.60. The molecule has 3 heterocycles. The van der Waals surface area contributed by atoms with Crippen LogP contribution in [-0.4, -0.2) is 61.6 Å². The van der Waals surface area contributed by atoms with E-state index in [1.54, 1.807) is 0 Å². The van der Waals surface area contributed by atoms with E-state index in [4.69, 9.17) is 0 Å². The molecule has 4 rings (SSSR count). The van der Waals surface area contributed by atoms with Gasteiger partial charge in [-0.3, -0.25) is 0 Å². The third kappa shape index (κ3) is 3.89. The molecule has 2 aromatic heterocycles. The SMILES string of the molecule is CN(c1ncnc2[nH]ccc12)C1CC(CS(=O)N2CCCC(C(F)(F)F)C2)C1. The van der Waals surface area contributed by atoms with Crippen LogP contribution in [-0.2, 0) is 11.0 Å². The number of anilines is 1. The summed E-state index contributed by atoms with van der Waals surface area (Å²) in [6, 6.07) is 2.24. The summed E-state index contributed by atoms with van der Waals surface area (Å²) in [5.74, 6) is 0.216. The van der Waals surface area contributed by atoms with Gasteiger partial charge in [0.2, 0.25) is 0 Å². The Bertz CT molecular complexity index is 851. The van der Waals surface area contributed by atoms with Gasteiger partial charge in [0.1, 0.15) is 17.8 Å². The molecule has 1 aliphatic heterocycles. The van der Waals surface area contributed by atoms with Crippen molar-refractivity contribution in [3.05, 3.63) is 18.6 Å². The lowest BCUT2D eigenvalue weighted by Crippen LogP contribution is -2.47. The van der Waals surface area contributed by atoms with Gasteiger partial charge in [0, 0.05) is 38.1 Å². The molecule has 6 nitrogen and oxygen atoms in total. The normalized spacial score (nSPS) is 27.5. The summed E-state index contributed by atoms with van der Waals surface area (Å²) in [4.78, 5) is 13.8. The minimum atomic E-state index is -4.20. The van der Waals surface area contributed by atoms with Crippen molar-refractivity contribution in [1.29, 1.82) is 0 Å². The number of hydrogen-bond donors (Lipinski definition) is 1. The van der Waals surface area contributed by atoms with Crippen LogP contribution in [0.25, 0.3) is 11.0 Å². The maximum Gasteiger partial charge on any atom is 0.393 e. The van der Waals surface area contributed by atoms with Crippen LogP contribution in [0.1, 0.15) is 25.7 Å². The maximum absolute atomic E-state index is 13.0. The second kappa shape index (κ2) is 7.62. The molecule has 0 radical (unpaired) electrons. The van der Waals surface area contributed by atoms with Crippen LogP contribution < -0.4 is 4.90 Å². The van der Waals surface area contributed by atoms with Crippen molar-refractivity contribution in [1.82, 2.24) is 19.3 Å². The Kier molecular flexibility index (Phi) is 5.34. The van der Waals surface area contributed by atoms with Crippen molar-refractivity contribution in [2.24, 2.45) is 11.8 Å². The van der Waals surface area contributed by atoms with Crippen molar-refractivity contribution in [3.8, 4) is 0 Å². The standard InChI is InChI=1S/C18H24F3N5OS/c1-25(17-15-4-5-22-16(15)23-11-24-17)14-7-12(8-14)10-28(27)26-6-2-3-13(9-26)18(19,20)21/h4-5,11-14H,2-3,6-10H2,1H3,(H,22,23,24). The third-order valence-electron chi connectivity index (χ3n) is 5.94. The van der Waals surface area contributed by atoms with Crippen LogP contribution in [0.3, 0.4) is 0 Å². The number of H-pyrrole nitrogens is 1. The number of piperidine rings is 1. The molecule has 2 unspecified atom stereocenters. The van der Waals surface area contributed by atoms with Crippen molar-refractivity contribution >= 4 is 27.8 Å². The van der Waals surface area contributed by atoms with Crippen molar-refractivity contribution in [3.63, 3.8) is 0 Å². The Labute approximate surface area is 164 Å². The number of alkyl halides is 3. The first-order chi connectivity index (χ1) is 13.3. The number of fused-ring (bicyclic) bond motifs is 1. The maximum atomic E-state index is 13.0. The molecule has 2 aliphatic rings. The molecule has 0 aromatic carbocycles. The fourth-order valence-corrected chi connectivity index (χ4v) is 5.73. The molecular formula is C18H24F3N5OS. The summed E-state index contributed by atoms with van der Waals surface area (Å²) >= 11 is 0. The first kappa shape index (κ1) is 19.6. The summed E-state index contributed by atoms with van der Waals surface area (Å²) in [5, 5.41) is 0.962. The molecule has 1 N–H and O–H groups in total. The number of aromatic amines is 1. The molecule has 10 heteroatoms. The van der Waals surface area contributed by atoms with E-state index in [-0.39, 0.29) is 18.9 Å². The van der Waals surface area contributed by atoms with E-state index in [1.807, 2.05) is 19.3 Å². The van der Waals surface area contributed by atoms with Crippen molar-refractivity contribution < 1.29 is 17.4 Å². The van der Waals surface area contributed by atoms with Crippen molar-refractivity contribution in [2.45, 2.75) is 37.9 Å². The highest BCUT2D eigenvalue weighted by molar-refractivity contribution is 7.82. The Morgan fingerprint density at radius 3 is 2.89 bits per heavy atom.